The van der Waals surface area contributed by atoms with Crippen LogP contribution in [-0.4, -0.2) is 64.7 Å². The molecular formula is C17H22N6O. The topological polar surface area (TPSA) is 67.3 Å². The molecule has 2 aliphatic rings. The third-order valence-electron chi connectivity index (χ3n) is 4.67. The van der Waals surface area contributed by atoms with Gasteiger partial charge in [-0.05, 0) is 19.9 Å². The molecule has 0 spiro atoms. The molecule has 1 atom stereocenters. The van der Waals surface area contributed by atoms with E-state index in [4.69, 9.17) is 9.72 Å². The van der Waals surface area contributed by atoms with E-state index in [1.54, 1.807) is 18.6 Å². The highest BCUT2D eigenvalue weighted by molar-refractivity contribution is 5.61. The summed E-state index contributed by atoms with van der Waals surface area (Å²) in [5.41, 5.74) is 2.66. The van der Waals surface area contributed by atoms with Crippen LogP contribution < -0.4 is 4.90 Å². The molecule has 0 unspecified atom stereocenters. The van der Waals surface area contributed by atoms with Gasteiger partial charge in [0.1, 0.15) is 6.10 Å². The predicted octanol–water partition coefficient (Wildman–Crippen LogP) is 1.54. The highest BCUT2D eigenvalue weighted by Crippen LogP contribution is 2.34. The molecule has 0 radical (unpaired) electrons. The fourth-order valence-corrected chi connectivity index (χ4v) is 3.22. The molecule has 4 rings (SSSR count). The lowest BCUT2D eigenvalue weighted by atomic mass is 10.1. The molecule has 0 N–H and O–H groups in total. The molecule has 4 heterocycles. The van der Waals surface area contributed by atoms with Gasteiger partial charge in [0.15, 0.2) is 0 Å². The third-order valence-corrected chi connectivity index (χ3v) is 4.67. The molecule has 7 nitrogen and oxygen atoms in total. The van der Waals surface area contributed by atoms with E-state index >= 15 is 0 Å². The summed E-state index contributed by atoms with van der Waals surface area (Å²) in [5, 5.41) is 0. The summed E-state index contributed by atoms with van der Waals surface area (Å²) in [7, 11) is 2.15. The van der Waals surface area contributed by atoms with Crippen molar-refractivity contribution in [2.75, 3.05) is 44.7 Å². The van der Waals surface area contributed by atoms with Crippen LogP contribution in [0.5, 0.6) is 0 Å². The Morgan fingerprint density at radius 2 is 1.96 bits per heavy atom. The second-order valence-electron chi connectivity index (χ2n) is 6.35. The molecule has 0 bridgehead atoms. The van der Waals surface area contributed by atoms with E-state index in [9.17, 15) is 0 Å². The number of nitrogens with zero attached hydrogens (tertiary/aromatic N) is 6. The van der Waals surface area contributed by atoms with Crippen molar-refractivity contribution < 1.29 is 4.74 Å². The molecule has 7 heteroatoms. The zero-order valence-electron chi connectivity index (χ0n) is 13.9. The fraction of sp³-hybridized carbons (Fsp3) is 0.529. The molecule has 2 aromatic rings. The van der Waals surface area contributed by atoms with E-state index in [0.29, 0.717) is 0 Å². The molecule has 2 saturated heterocycles. The number of ether oxygens (including phenoxy) is 1. The maximum Gasteiger partial charge on any atom is 0.225 e. The summed E-state index contributed by atoms with van der Waals surface area (Å²) in [6, 6.07) is 0. The summed E-state index contributed by atoms with van der Waals surface area (Å²) >= 11 is 0. The number of piperazine rings is 1. The molecule has 0 aliphatic carbocycles. The van der Waals surface area contributed by atoms with Gasteiger partial charge >= 0.3 is 0 Å². The van der Waals surface area contributed by atoms with E-state index in [1.165, 1.54) is 0 Å². The SMILES string of the molecule is CN1CCN(c2ncc(-c3cnccn3)c([C@H]3CCCO3)n2)CC1. The highest BCUT2D eigenvalue weighted by Gasteiger charge is 2.26. The normalized spacial score (nSPS) is 22.0. The first-order chi connectivity index (χ1) is 11.8. The van der Waals surface area contributed by atoms with Crippen molar-refractivity contribution in [2.24, 2.45) is 0 Å². The molecule has 2 aliphatic heterocycles. The van der Waals surface area contributed by atoms with E-state index in [0.717, 1.165) is 68.5 Å². The van der Waals surface area contributed by atoms with Crippen molar-refractivity contribution in [3.8, 4) is 11.3 Å². The Morgan fingerprint density at radius 1 is 1.08 bits per heavy atom. The molecule has 126 valence electrons. The first-order valence-corrected chi connectivity index (χ1v) is 8.49. The first-order valence-electron chi connectivity index (χ1n) is 8.49. The predicted molar refractivity (Wildman–Crippen MR) is 90.7 cm³/mol. The van der Waals surface area contributed by atoms with Gasteiger partial charge in [-0.2, -0.15) is 0 Å². The standard InChI is InChI=1S/C17H22N6O/c1-22-6-8-23(9-7-22)17-20-11-13(14-12-18-4-5-19-14)16(21-17)15-3-2-10-24-15/h4-5,11-12,15H,2-3,6-10H2,1H3/t15-/m1/s1. The Kier molecular flexibility index (Phi) is 4.36. The van der Waals surface area contributed by atoms with Gasteiger partial charge in [-0.3, -0.25) is 9.97 Å². The molecule has 2 aromatic heterocycles. The largest absolute Gasteiger partial charge is 0.372 e. The Labute approximate surface area is 141 Å². The summed E-state index contributed by atoms with van der Waals surface area (Å²) in [6.07, 6.45) is 9.09. The van der Waals surface area contributed by atoms with Crippen LogP contribution in [0.3, 0.4) is 0 Å². The van der Waals surface area contributed by atoms with Crippen LogP contribution in [0.4, 0.5) is 5.95 Å². The van der Waals surface area contributed by atoms with Gasteiger partial charge in [0.05, 0.1) is 17.6 Å². The molecule has 24 heavy (non-hydrogen) atoms. The van der Waals surface area contributed by atoms with Crippen LogP contribution in [0, 0.1) is 0 Å². The smallest absolute Gasteiger partial charge is 0.225 e. The van der Waals surface area contributed by atoms with Crippen molar-refractivity contribution in [3.63, 3.8) is 0 Å². The lowest BCUT2D eigenvalue weighted by Crippen LogP contribution is -2.45. The number of likely N-dealkylation sites (N-methyl/N-ethyl adjacent to an activating group) is 1. The molecule has 0 aromatic carbocycles. The number of rotatable bonds is 3. The average molecular weight is 326 g/mol. The Morgan fingerprint density at radius 3 is 2.67 bits per heavy atom. The number of anilines is 1. The van der Waals surface area contributed by atoms with Crippen molar-refractivity contribution in [1.82, 2.24) is 24.8 Å². The second-order valence-corrected chi connectivity index (χ2v) is 6.35. The summed E-state index contributed by atoms with van der Waals surface area (Å²) < 4.78 is 5.90. The highest BCUT2D eigenvalue weighted by atomic mass is 16.5. The molecule has 2 fully saturated rings. The number of aromatic nitrogens is 4. The van der Waals surface area contributed by atoms with Crippen molar-refractivity contribution >= 4 is 5.95 Å². The lowest BCUT2D eigenvalue weighted by Gasteiger charge is -2.32. The lowest BCUT2D eigenvalue weighted by molar-refractivity contribution is 0.109. The molecule has 0 saturated carbocycles. The minimum atomic E-state index is 0.0243. The molecule has 0 amide bonds. The number of hydrogen-bond acceptors (Lipinski definition) is 7. The van der Waals surface area contributed by atoms with Crippen molar-refractivity contribution in [1.29, 1.82) is 0 Å². The minimum Gasteiger partial charge on any atom is -0.372 e. The van der Waals surface area contributed by atoms with Crippen LogP contribution in [0.1, 0.15) is 24.6 Å². The van der Waals surface area contributed by atoms with Crippen molar-refractivity contribution in [2.45, 2.75) is 18.9 Å². The van der Waals surface area contributed by atoms with Crippen LogP contribution in [-0.2, 0) is 4.74 Å². The zero-order valence-corrected chi connectivity index (χ0v) is 13.9. The summed E-state index contributed by atoms with van der Waals surface area (Å²) in [6.45, 7) is 4.76. The molecular weight excluding hydrogens is 304 g/mol. The number of hydrogen-bond donors (Lipinski definition) is 0. The average Bonchev–Trinajstić information content (AvgIpc) is 3.17. The van der Waals surface area contributed by atoms with E-state index < -0.39 is 0 Å². The monoisotopic (exact) mass is 326 g/mol. The third kappa shape index (κ3) is 3.09. The van der Waals surface area contributed by atoms with Gasteiger partial charge in [0.25, 0.3) is 0 Å². The van der Waals surface area contributed by atoms with Gasteiger partial charge in [0, 0.05) is 56.9 Å². The van der Waals surface area contributed by atoms with Gasteiger partial charge in [-0.1, -0.05) is 0 Å². The van der Waals surface area contributed by atoms with Crippen LogP contribution >= 0.6 is 0 Å². The van der Waals surface area contributed by atoms with Crippen LogP contribution in [0.2, 0.25) is 0 Å². The van der Waals surface area contributed by atoms with Gasteiger partial charge in [-0.25, -0.2) is 9.97 Å². The van der Waals surface area contributed by atoms with E-state index in [-0.39, 0.29) is 6.10 Å². The van der Waals surface area contributed by atoms with E-state index in [2.05, 4.69) is 31.8 Å². The maximum absolute atomic E-state index is 5.90. The summed E-state index contributed by atoms with van der Waals surface area (Å²) in [4.78, 5) is 22.7. The van der Waals surface area contributed by atoms with Gasteiger partial charge in [0.2, 0.25) is 5.95 Å². The van der Waals surface area contributed by atoms with Gasteiger partial charge in [-0.15, -0.1) is 0 Å². The van der Waals surface area contributed by atoms with Crippen LogP contribution in [0.15, 0.2) is 24.8 Å². The van der Waals surface area contributed by atoms with Gasteiger partial charge < -0.3 is 14.5 Å². The van der Waals surface area contributed by atoms with Crippen LogP contribution in [0.25, 0.3) is 11.3 Å². The fourth-order valence-electron chi connectivity index (χ4n) is 3.22. The Balaban J connectivity index is 1.69. The first kappa shape index (κ1) is 15.4. The second kappa shape index (κ2) is 6.78. The van der Waals surface area contributed by atoms with Crippen molar-refractivity contribution in [3.05, 3.63) is 30.5 Å². The Hall–Kier alpha value is -2.12. The minimum absolute atomic E-state index is 0.0243. The quantitative estimate of drug-likeness (QED) is 0.847. The van der Waals surface area contributed by atoms with E-state index in [1.807, 2.05) is 6.20 Å². The maximum atomic E-state index is 5.90. The Bertz CT molecular complexity index is 681. The zero-order chi connectivity index (χ0) is 16.4. The summed E-state index contributed by atoms with van der Waals surface area (Å²) in [5.74, 6) is 0.793.